The molecule has 1 heterocycles. The number of aliphatic hydroxyl groups is 2. The third-order valence-electron chi connectivity index (χ3n) is 8.20. The van der Waals surface area contributed by atoms with Gasteiger partial charge in [-0.15, -0.1) is 0 Å². The third kappa shape index (κ3) is 2.65. The first-order valence-electron chi connectivity index (χ1n) is 9.74. The quantitative estimate of drug-likeness (QED) is 0.725. The van der Waals surface area contributed by atoms with Gasteiger partial charge in [0.1, 0.15) is 6.10 Å². The normalized spacial score (nSPS) is 51.3. The second-order valence-corrected chi connectivity index (χ2v) is 9.69. The number of rotatable bonds is 3. The Balaban J connectivity index is 1.93. The highest BCUT2D eigenvalue weighted by atomic mass is 16.5. The maximum Gasteiger partial charge on any atom is 0.309 e. The minimum atomic E-state index is -0.883. The van der Waals surface area contributed by atoms with Crippen molar-refractivity contribution >= 4 is 5.97 Å². The van der Waals surface area contributed by atoms with Crippen molar-refractivity contribution in [3.63, 3.8) is 0 Å². The fraction of sp³-hybridized carbons (Fsp3) is 0.950. The van der Waals surface area contributed by atoms with Gasteiger partial charge in [0.05, 0.1) is 23.2 Å². The smallest absolute Gasteiger partial charge is 0.309 e. The van der Waals surface area contributed by atoms with E-state index in [1.54, 1.807) is 0 Å². The van der Waals surface area contributed by atoms with E-state index < -0.39 is 23.1 Å². The van der Waals surface area contributed by atoms with E-state index in [-0.39, 0.29) is 29.5 Å². The van der Waals surface area contributed by atoms with Gasteiger partial charge < -0.3 is 20.1 Å². The second kappa shape index (κ2) is 5.93. The fourth-order valence-electron chi connectivity index (χ4n) is 6.74. The Kier molecular flexibility index (Phi) is 4.54. The average molecular weight is 354 g/mol. The Bertz CT molecular complexity index is 550. The summed E-state index contributed by atoms with van der Waals surface area (Å²) in [6.45, 7) is 7.94. The first-order chi connectivity index (χ1) is 11.5. The molecular formula is C20H34O5. The zero-order valence-corrected chi connectivity index (χ0v) is 16.0. The van der Waals surface area contributed by atoms with E-state index in [2.05, 4.69) is 13.8 Å². The molecule has 0 spiro atoms. The number of fused-ring (bicyclic) bond motifs is 3. The number of carboxylic acids is 1. The van der Waals surface area contributed by atoms with Gasteiger partial charge in [-0.2, -0.15) is 0 Å². The van der Waals surface area contributed by atoms with Gasteiger partial charge in [0.2, 0.25) is 0 Å². The summed E-state index contributed by atoms with van der Waals surface area (Å²) in [5.41, 5.74) is -1.80. The number of carboxylic acid groups (broad SMARTS) is 1. The minimum absolute atomic E-state index is 0.0517. The van der Waals surface area contributed by atoms with Gasteiger partial charge in [0.15, 0.2) is 0 Å². The first kappa shape index (κ1) is 19.1. The predicted molar refractivity (Wildman–Crippen MR) is 94.1 cm³/mol. The lowest BCUT2D eigenvalue weighted by molar-refractivity contribution is -0.288. The van der Waals surface area contributed by atoms with Gasteiger partial charge in [0, 0.05) is 0 Å². The van der Waals surface area contributed by atoms with E-state index in [1.807, 2.05) is 13.8 Å². The maximum atomic E-state index is 12.1. The van der Waals surface area contributed by atoms with Crippen molar-refractivity contribution < 1.29 is 24.9 Å². The highest BCUT2D eigenvalue weighted by Gasteiger charge is 2.64. The molecule has 0 aromatic heterocycles. The standard InChI is InChI=1S/C20H34O5/c1-17-8-5-9-18(2,16(23)24)13(17)6-10-19(3)14(17)7-11-20(4,25-19)15(22)12-21/h13-15,21-22H,5-12H2,1-4H3,(H,23,24)/t13-,14-,15-,17+,18+,19-,20-/m1/s1. The van der Waals surface area contributed by atoms with E-state index >= 15 is 0 Å². The van der Waals surface area contributed by atoms with Crippen LogP contribution < -0.4 is 0 Å². The molecule has 0 aromatic carbocycles. The lowest BCUT2D eigenvalue weighted by atomic mass is 9.44. The van der Waals surface area contributed by atoms with Crippen LogP contribution in [0.25, 0.3) is 0 Å². The van der Waals surface area contributed by atoms with E-state index in [0.29, 0.717) is 6.42 Å². The van der Waals surface area contributed by atoms with Crippen LogP contribution in [0.3, 0.4) is 0 Å². The molecular weight excluding hydrogens is 320 g/mol. The number of ether oxygens (including phenoxy) is 1. The fourth-order valence-corrected chi connectivity index (χ4v) is 6.74. The molecule has 144 valence electrons. The predicted octanol–water partition coefficient (Wildman–Crippen LogP) is 2.97. The molecule has 2 aliphatic carbocycles. The van der Waals surface area contributed by atoms with Crippen LogP contribution in [0.5, 0.6) is 0 Å². The molecule has 3 fully saturated rings. The zero-order chi connectivity index (χ0) is 18.7. The molecule has 2 saturated carbocycles. The van der Waals surface area contributed by atoms with Gasteiger partial charge in [-0.1, -0.05) is 13.3 Å². The van der Waals surface area contributed by atoms with Crippen molar-refractivity contribution in [2.45, 2.75) is 89.9 Å². The molecule has 5 heteroatoms. The van der Waals surface area contributed by atoms with E-state index in [4.69, 9.17) is 4.74 Å². The Hall–Kier alpha value is -0.650. The number of hydrogen-bond donors (Lipinski definition) is 3. The molecule has 0 aromatic rings. The van der Waals surface area contributed by atoms with Gasteiger partial charge in [-0.25, -0.2) is 0 Å². The Labute approximate surface area is 150 Å². The molecule has 1 aliphatic heterocycles. The van der Waals surface area contributed by atoms with Gasteiger partial charge in [-0.05, 0) is 76.5 Å². The first-order valence-corrected chi connectivity index (χ1v) is 9.74. The SMILES string of the molecule is C[C@]12CCC[C@](C)(C(=O)O)[C@@H]1CC[C@@]1(C)O[C@@](C)([C@H](O)CO)CC[C@H]21. The van der Waals surface area contributed by atoms with Gasteiger partial charge >= 0.3 is 5.97 Å². The Morgan fingerprint density at radius 3 is 2.32 bits per heavy atom. The van der Waals surface area contributed by atoms with Crippen molar-refractivity contribution in [3.05, 3.63) is 0 Å². The van der Waals surface area contributed by atoms with Gasteiger partial charge in [-0.3, -0.25) is 4.79 Å². The number of carbonyl (C=O) groups is 1. The van der Waals surface area contributed by atoms with Crippen molar-refractivity contribution in [1.82, 2.24) is 0 Å². The van der Waals surface area contributed by atoms with Crippen LogP contribution in [0.4, 0.5) is 0 Å². The molecule has 0 unspecified atom stereocenters. The van der Waals surface area contributed by atoms with Gasteiger partial charge in [0.25, 0.3) is 0 Å². The summed E-state index contributed by atoms with van der Waals surface area (Å²) in [5, 5.41) is 29.6. The molecule has 0 amide bonds. The molecule has 0 bridgehead atoms. The second-order valence-electron chi connectivity index (χ2n) is 9.69. The molecule has 0 radical (unpaired) electrons. The van der Waals surface area contributed by atoms with Crippen LogP contribution in [-0.2, 0) is 9.53 Å². The van der Waals surface area contributed by atoms with E-state index in [0.717, 1.165) is 38.5 Å². The zero-order valence-electron chi connectivity index (χ0n) is 16.0. The van der Waals surface area contributed by atoms with Crippen molar-refractivity contribution in [3.8, 4) is 0 Å². The van der Waals surface area contributed by atoms with Crippen LogP contribution in [0.1, 0.15) is 72.6 Å². The maximum absolute atomic E-state index is 12.1. The van der Waals surface area contributed by atoms with Crippen molar-refractivity contribution in [1.29, 1.82) is 0 Å². The summed E-state index contributed by atoms with van der Waals surface area (Å²) in [6, 6.07) is 0. The summed E-state index contributed by atoms with van der Waals surface area (Å²) < 4.78 is 6.50. The van der Waals surface area contributed by atoms with Crippen molar-refractivity contribution in [2.24, 2.45) is 22.7 Å². The van der Waals surface area contributed by atoms with Crippen LogP contribution in [0.2, 0.25) is 0 Å². The summed E-state index contributed by atoms with van der Waals surface area (Å²) in [6.07, 6.45) is 5.13. The molecule has 3 N–H and O–H groups in total. The van der Waals surface area contributed by atoms with Crippen LogP contribution >= 0.6 is 0 Å². The molecule has 1 saturated heterocycles. The largest absolute Gasteiger partial charge is 0.481 e. The van der Waals surface area contributed by atoms with Crippen molar-refractivity contribution in [2.75, 3.05) is 6.61 Å². The molecule has 3 rings (SSSR count). The lowest BCUT2D eigenvalue weighted by Crippen LogP contribution is -2.65. The average Bonchev–Trinajstić information content (AvgIpc) is 2.52. The lowest BCUT2D eigenvalue weighted by Gasteiger charge is -2.65. The highest BCUT2D eigenvalue weighted by molar-refractivity contribution is 5.75. The summed E-state index contributed by atoms with van der Waals surface area (Å²) >= 11 is 0. The minimum Gasteiger partial charge on any atom is -0.481 e. The summed E-state index contributed by atoms with van der Waals surface area (Å²) in [5.74, 6) is -0.207. The van der Waals surface area contributed by atoms with Crippen LogP contribution in [0.15, 0.2) is 0 Å². The monoisotopic (exact) mass is 354 g/mol. The number of aliphatic carboxylic acids is 1. The topological polar surface area (TPSA) is 87.0 Å². The molecule has 3 aliphatic rings. The Morgan fingerprint density at radius 1 is 1.08 bits per heavy atom. The third-order valence-corrected chi connectivity index (χ3v) is 8.20. The number of aliphatic hydroxyl groups excluding tert-OH is 2. The number of hydrogen-bond acceptors (Lipinski definition) is 4. The van der Waals surface area contributed by atoms with Crippen LogP contribution in [-0.4, -0.2) is 45.2 Å². The summed E-state index contributed by atoms with van der Waals surface area (Å²) in [4.78, 5) is 12.1. The summed E-state index contributed by atoms with van der Waals surface area (Å²) in [7, 11) is 0. The Morgan fingerprint density at radius 2 is 1.72 bits per heavy atom. The molecule has 5 nitrogen and oxygen atoms in total. The molecule has 25 heavy (non-hydrogen) atoms. The van der Waals surface area contributed by atoms with E-state index in [1.165, 1.54) is 0 Å². The van der Waals surface area contributed by atoms with Crippen LogP contribution in [0, 0.1) is 22.7 Å². The molecule has 7 atom stereocenters. The van der Waals surface area contributed by atoms with E-state index in [9.17, 15) is 20.1 Å². The highest BCUT2D eigenvalue weighted by Crippen LogP contribution is 2.65.